The zero-order valence-corrected chi connectivity index (χ0v) is 15.1. The van der Waals surface area contributed by atoms with Crippen molar-refractivity contribution in [2.75, 3.05) is 13.1 Å². The fourth-order valence-electron chi connectivity index (χ4n) is 3.17. The molecule has 0 radical (unpaired) electrons. The zero-order chi connectivity index (χ0) is 17.3. The lowest BCUT2D eigenvalue weighted by Crippen LogP contribution is -2.52. The van der Waals surface area contributed by atoms with Gasteiger partial charge in [0.05, 0.1) is 12.2 Å². The summed E-state index contributed by atoms with van der Waals surface area (Å²) >= 11 is 0. The summed E-state index contributed by atoms with van der Waals surface area (Å²) in [6.07, 6.45) is -0.192. The van der Waals surface area contributed by atoms with E-state index < -0.39 is 10.2 Å². The van der Waals surface area contributed by atoms with E-state index in [1.807, 2.05) is 63.2 Å². The number of fused-ring (bicyclic) bond motifs is 1. The van der Waals surface area contributed by atoms with Gasteiger partial charge in [0, 0.05) is 19.1 Å². The van der Waals surface area contributed by atoms with Gasteiger partial charge >= 0.3 is 0 Å². The molecular formula is C18H24N2O3S. The zero-order valence-electron chi connectivity index (χ0n) is 14.3. The van der Waals surface area contributed by atoms with Crippen LogP contribution in [0.15, 0.2) is 42.5 Å². The summed E-state index contributed by atoms with van der Waals surface area (Å²) in [5, 5.41) is 2.25. The molecule has 0 bridgehead atoms. The van der Waals surface area contributed by atoms with E-state index in [1.165, 1.54) is 4.31 Å². The third kappa shape index (κ3) is 3.78. The Balaban J connectivity index is 1.78. The summed E-state index contributed by atoms with van der Waals surface area (Å²) in [7, 11) is -3.55. The van der Waals surface area contributed by atoms with Crippen LogP contribution in [0.4, 0.5) is 0 Å². The Kier molecular flexibility index (Phi) is 4.92. The number of benzene rings is 2. The van der Waals surface area contributed by atoms with Gasteiger partial charge in [-0.1, -0.05) is 36.4 Å². The van der Waals surface area contributed by atoms with E-state index in [0.29, 0.717) is 13.1 Å². The van der Waals surface area contributed by atoms with Crippen LogP contribution >= 0.6 is 0 Å². The fraction of sp³-hybridized carbons (Fsp3) is 0.444. The van der Waals surface area contributed by atoms with Crippen molar-refractivity contribution in [2.24, 2.45) is 0 Å². The van der Waals surface area contributed by atoms with E-state index in [1.54, 1.807) is 0 Å². The average molecular weight is 348 g/mol. The molecule has 1 heterocycles. The van der Waals surface area contributed by atoms with Crippen LogP contribution < -0.4 is 4.72 Å². The molecular weight excluding hydrogens is 324 g/mol. The van der Waals surface area contributed by atoms with Crippen LogP contribution in [0, 0.1) is 0 Å². The van der Waals surface area contributed by atoms with Crippen LogP contribution in [-0.2, 0) is 14.9 Å². The summed E-state index contributed by atoms with van der Waals surface area (Å²) in [4.78, 5) is 0. The van der Waals surface area contributed by atoms with E-state index in [0.717, 1.165) is 16.3 Å². The standard InChI is InChI=1S/C18H24N2O3S/c1-13-11-20(12-14(2)23-13)24(21,22)19-15(3)17-9-8-16-6-4-5-7-18(16)10-17/h4-10,13-15,19H,11-12H2,1-3H3/t13-,14+,15-/m1/s1. The Labute approximate surface area is 143 Å². The van der Waals surface area contributed by atoms with Gasteiger partial charge in [-0.3, -0.25) is 0 Å². The Morgan fingerprint density at radius 2 is 1.71 bits per heavy atom. The first kappa shape index (κ1) is 17.4. The molecule has 5 nitrogen and oxygen atoms in total. The predicted octanol–water partition coefficient (Wildman–Crippen LogP) is 2.84. The van der Waals surface area contributed by atoms with Crippen molar-refractivity contribution < 1.29 is 13.2 Å². The summed E-state index contributed by atoms with van der Waals surface area (Å²) in [5.41, 5.74) is 0.951. The van der Waals surface area contributed by atoms with Crippen molar-refractivity contribution in [2.45, 2.75) is 39.0 Å². The van der Waals surface area contributed by atoms with E-state index in [4.69, 9.17) is 4.74 Å². The Morgan fingerprint density at radius 3 is 2.38 bits per heavy atom. The second-order valence-electron chi connectivity index (χ2n) is 6.53. The highest BCUT2D eigenvalue weighted by Gasteiger charge is 2.31. The lowest BCUT2D eigenvalue weighted by molar-refractivity contribution is -0.0444. The second-order valence-corrected chi connectivity index (χ2v) is 8.23. The molecule has 2 aromatic rings. The largest absolute Gasteiger partial charge is 0.373 e. The van der Waals surface area contributed by atoms with Crippen LogP contribution in [0.1, 0.15) is 32.4 Å². The number of rotatable bonds is 4. The number of hydrogen-bond donors (Lipinski definition) is 1. The van der Waals surface area contributed by atoms with E-state index in [2.05, 4.69) is 4.72 Å². The van der Waals surface area contributed by atoms with E-state index >= 15 is 0 Å². The van der Waals surface area contributed by atoms with Crippen molar-refractivity contribution in [3.63, 3.8) is 0 Å². The number of hydrogen-bond acceptors (Lipinski definition) is 3. The van der Waals surface area contributed by atoms with Gasteiger partial charge in [0.2, 0.25) is 0 Å². The van der Waals surface area contributed by atoms with Crippen LogP contribution in [-0.4, -0.2) is 38.0 Å². The van der Waals surface area contributed by atoms with Crippen molar-refractivity contribution in [3.8, 4) is 0 Å². The van der Waals surface area contributed by atoms with Gasteiger partial charge in [-0.2, -0.15) is 17.4 Å². The lowest BCUT2D eigenvalue weighted by Gasteiger charge is -2.35. The van der Waals surface area contributed by atoms with Gasteiger partial charge < -0.3 is 4.74 Å². The number of nitrogens with zero attached hydrogens (tertiary/aromatic N) is 1. The molecule has 1 aliphatic rings. The third-order valence-corrected chi connectivity index (χ3v) is 5.95. The maximum Gasteiger partial charge on any atom is 0.280 e. The molecule has 0 aromatic heterocycles. The van der Waals surface area contributed by atoms with Gasteiger partial charge in [-0.05, 0) is 43.2 Å². The van der Waals surface area contributed by atoms with Crippen LogP contribution in [0.25, 0.3) is 10.8 Å². The maximum atomic E-state index is 12.7. The van der Waals surface area contributed by atoms with Gasteiger partial charge in [0.1, 0.15) is 0 Å². The van der Waals surface area contributed by atoms with E-state index in [-0.39, 0.29) is 18.2 Å². The van der Waals surface area contributed by atoms with Crippen molar-refractivity contribution in [3.05, 3.63) is 48.0 Å². The summed E-state index contributed by atoms with van der Waals surface area (Å²) < 4.78 is 35.2. The smallest absolute Gasteiger partial charge is 0.280 e. The monoisotopic (exact) mass is 348 g/mol. The minimum atomic E-state index is -3.55. The highest BCUT2D eigenvalue weighted by Crippen LogP contribution is 2.22. The van der Waals surface area contributed by atoms with Crippen LogP contribution in [0.2, 0.25) is 0 Å². The topological polar surface area (TPSA) is 58.6 Å². The molecule has 130 valence electrons. The highest BCUT2D eigenvalue weighted by molar-refractivity contribution is 7.87. The molecule has 2 aromatic carbocycles. The number of morpholine rings is 1. The van der Waals surface area contributed by atoms with Crippen LogP contribution in [0.5, 0.6) is 0 Å². The first-order valence-corrected chi connectivity index (χ1v) is 9.71. The normalized spacial score (nSPS) is 24.1. The minimum Gasteiger partial charge on any atom is -0.373 e. The highest BCUT2D eigenvalue weighted by atomic mass is 32.2. The first-order valence-electron chi connectivity index (χ1n) is 8.27. The maximum absolute atomic E-state index is 12.7. The molecule has 3 rings (SSSR count). The predicted molar refractivity (Wildman–Crippen MR) is 96.0 cm³/mol. The summed E-state index contributed by atoms with van der Waals surface area (Å²) in [6.45, 7) is 6.42. The number of ether oxygens (including phenoxy) is 1. The molecule has 1 fully saturated rings. The van der Waals surface area contributed by atoms with Gasteiger partial charge in [0.15, 0.2) is 0 Å². The van der Waals surface area contributed by atoms with Gasteiger partial charge in [-0.25, -0.2) is 0 Å². The Bertz CT molecular complexity index is 812. The average Bonchev–Trinajstić information content (AvgIpc) is 2.53. The molecule has 1 aliphatic heterocycles. The summed E-state index contributed by atoms with van der Waals surface area (Å²) in [6, 6.07) is 13.8. The molecule has 0 amide bonds. The molecule has 24 heavy (non-hydrogen) atoms. The Hall–Kier alpha value is -1.47. The van der Waals surface area contributed by atoms with Gasteiger partial charge in [0.25, 0.3) is 10.2 Å². The molecule has 0 aliphatic carbocycles. The molecule has 6 heteroatoms. The first-order chi connectivity index (χ1) is 11.3. The molecule has 3 atom stereocenters. The number of nitrogens with one attached hydrogen (secondary N) is 1. The quantitative estimate of drug-likeness (QED) is 0.924. The molecule has 0 unspecified atom stereocenters. The Morgan fingerprint density at radius 1 is 1.08 bits per heavy atom. The fourth-order valence-corrected chi connectivity index (χ4v) is 4.71. The van der Waals surface area contributed by atoms with E-state index in [9.17, 15) is 8.42 Å². The third-order valence-electron chi connectivity index (χ3n) is 4.33. The molecule has 1 N–H and O–H groups in total. The van der Waals surface area contributed by atoms with Gasteiger partial charge in [-0.15, -0.1) is 0 Å². The van der Waals surface area contributed by atoms with Crippen molar-refractivity contribution in [1.82, 2.24) is 9.03 Å². The molecule has 1 saturated heterocycles. The van der Waals surface area contributed by atoms with Crippen molar-refractivity contribution >= 4 is 21.0 Å². The molecule has 0 saturated carbocycles. The lowest BCUT2D eigenvalue weighted by atomic mass is 10.0. The van der Waals surface area contributed by atoms with Crippen molar-refractivity contribution in [1.29, 1.82) is 0 Å². The molecule has 0 spiro atoms. The second kappa shape index (κ2) is 6.80. The minimum absolute atomic E-state index is 0.0960. The SMILES string of the molecule is C[C@@H]1CN(S(=O)(=O)N[C@H](C)c2ccc3ccccc3c2)C[C@H](C)O1. The summed E-state index contributed by atoms with van der Waals surface area (Å²) in [5.74, 6) is 0. The van der Waals surface area contributed by atoms with Crippen LogP contribution in [0.3, 0.4) is 0 Å².